The number of nitrogens with zero attached hydrogens (tertiary/aromatic N) is 1. The molecule has 3 N–H and O–H groups in total. The summed E-state index contributed by atoms with van der Waals surface area (Å²) in [6.45, 7) is 1.95. The molecule has 0 amide bonds. The molecule has 4 heteroatoms. The van der Waals surface area contributed by atoms with Crippen LogP contribution in [0.15, 0.2) is 18.3 Å². The zero-order chi connectivity index (χ0) is 6.69. The Morgan fingerprint density at radius 3 is 2.70 bits per heavy atom. The van der Waals surface area contributed by atoms with Gasteiger partial charge in [0.05, 0.1) is 0 Å². The average Bonchev–Trinajstić information content (AvgIpc) is 1.89. The fourth-order valence-electron chi connectivity index (χ4n) is 0.637. The van der Waals surface area contributed by atoms with E-state index in [1.54, 1.807) is 6.20 Å². The van der Waals surface area contributed by atoms with Gasteiger partial charge in [0.1, 0.15) is 5.82 Å². The number of hydrogen-bond donors (Lipinski definition) is 2. The van der Waals surface area contributed by atoms with Crippen molar-refractivity contribution in [2.45, 2.75) is 6.92 Å². The predicted octanol–water partition coefficient (Wildman–Crippen LogP) is 1.10. The third-order valence-corrected chi connectivity index (χ3v) is 1.15. The molecule has 1 aromatic rings. The Bertz CT molecular complexity index is 202. The molecule has 0 saturated carbocycles. The zero-order valence-electron chi connectivity index (χ0n) is 5.66. The summed E-state index contributed by atoms with van der Waals surface area (Å²) < 4.78 is 0. The number of hydrazine groups is 1. The standard InChI is InChI=1S/C6H9N3.ClH/c1-5-3-2-4-8-6(5)9-7;/h2-4H,7H2,1H3,(H,8,9);1H. The highest BCUT2D eigenvalue weighted by atomic mass is 35.5. The van der Waals surface area contributed by atoms with E-state index in [-0.39, 0.29) is 12.4 Å². The molecular weight excluding hydrogens is 150 g/mol. The molecule has 0 bridgehead atoms. The quantitative estimate of drug-likeness (QED) is 0.477. The Labute approximate surface area is 66.0 Å². The van der Waals surface area contributed by atoms with Crippen LogP contribution in [0.4, 0.5) is 5.82 Å². The number of anilines is 1. The first-order valence-corrected chi connectivity index (χ1v) is 2.73. The van der Waals surface area contributed by atoms with Crippen molar-refractivity contribution in [2.75, 3.05) is 5.43 Å². The lowest BCUT2D eigenvalue weighted by atomic mass is 10.3. The van der Waals surface area contributed by atoms with Crippen LogP contribution in [0.3, 0.4) is 0 Å². The molecule has 1 rings (SSSR count). The van der Waals surface area contributed by atoms with E-state index in [2.05, 4.69) is 10.4 Å². The summed E-state index contributed by atoms with van der Waals surface area (Å²) in [7, 11) is 0. The Morgan fingerprint density at radius 1 is 1.60 bits per heavy atom. The lowest BCUT2D eigenvalue weighted by molar-refractivity contribution is 1.19. The zero-order valence-corrected chi connectivity index (χ0v) is 6.48. The largest absolute Gasteiger partial charge is 0.308 e. The molecular formula is C6H10ClN3. The van der Waals surface area contributed by atoms with Crippen molar-refractivity contribution >= 4 is 18.2 Å². The van der Waals surface area contributed by atoms with E-state index in [0.717, 1.165) is 11.4 Å². The highest BCUT2D eigenvalue weighted by Gasteiger charge is 1.90. The van der Waals surface area contributed by atoms with E-state index < -0.39 is 0 Å². The molecule has 0 aromatic carbocycles. The monoisotopic (exact) mass is 159 g/mol. The van der Waals surface area contributed by atoms with Gasteiger partial charge >= 0.3 is 0 Å². The minimum Gasteiger partial charge on any atom is -0.308 e. The van der Waals surface area contributed by atoms with Crippen LogP contribution in [0.5, 0.6) is 0 Å². The molecule has 0 atom stereocenters. The number of aromatic nitrogens is 1. The van der Waals surface area contributed by atoms with Crippen LogP contribution in [0.25, 0.3) is 0 Å². The highest BCUT2D eigenvalue weighted by Crippen LogP contribution is 2.05. The minimum absolute atomic E-state index is 0. The first-order valence-electron chi connectivity index (χ1n) is 2.73. The molecule has 0 radical (unpaired) electrons. The number of nitrogens with two attached hydrogens (primary N) is 1. The van der Waals surface area contributed by atoms with Crippen molar-refractivity contribution in [3.8, 4) is 0 Å². The Morgan fingerprint density at radius 2 is 2.30 bits per heavy atom. The lowest BCUT2D eigenvalue weighted by Crippen LogP contribution is -2.09. The summed E-state index contributed by atoms with van der Waals surface area (Å²) in [5, 5.41) is 0. The number of rotatable bonds is 1. The highest BCUT2D eigenvalue weighted by molar-refractivity contribution is 5.85. The van der Waals surface area contributed by atoms with E-state index in [4.69, 9.17) is 5.84 Å². The van der Waals surface area contributed by atoms with E-state index in [9.17, 15) is 0 Å². The van der Waals surface area contributed by atoms with Crippen molar-refractivity contribution in [3.05, 3.63) is 23.9 Å². The van der Waals surface area contributed by atoms with Crippen LogP contribution < -0.4 is 11.3 Å². The van der Waals surface area contributed by atoms with Crippen LogP contribution in [0.1, 0.15) is 5.56 Å². The van der Waals surface area contributed by atoms with Crippen LogP contribution in [-0.2, 0) is 0 Å². The maximum Gasteiger partial charge on any atom is 0.142 e. The molecule has 0 aliphatic carbocycles. The van der Waals surface area contributed by atoms with Gasteiger partial charge in [0.15, 0.2) is 0 Å². The summed E-state index contributed by atoms with van der Waals surface area (Å²) in [4.78, 5) is 3.96. The molecule has 0 saturated heterocycles. The Balaban J connectivity index is 0.000000810. The molecule has 1 heterocycles. The van der Waals surface area contributed by atoms with Crippen molar-refractivity contribution in [2.24, 2.45) is 5.84 Å². The molecule has 1 aromatic heterocycles. The van der Waals surface area contributed by atoms with Gasteiger partial charge in [-0.1, -0.05) is 6.07 Å². The van der Waals surface area contributed by atoms with E-state index in [1.165, 1.54) is 0 Å². The third kappa shape index (κ3) is 1.86. The summed E-state index contributed by atoms with van der Waals surface area (Å²) in [5.41, 5.74) is 3.54. The van der Waals surface area contributed by atoms with E-state index >= 15 is 0 Å². The van der Waals surface area contributed by atoms with Gasteiger partial charge in [-0.25, -0.2) is 10.8 Å². The summed E-state index contributed by atoms with van der Waals surface area (Å²) >= 11 is 0. The first-order chi connectivity index (χ1) is 4.34. The molecule has 0 spiro atoms. The van der Waals surface area contributed by atoms with Gasteiger partial charge < -0.3 is 5.43 Å². The molecule has 0 unspecified atom stereocenters. The Hall–Kier alpha value is -0.800. The predicted molar refractivity (Wildman–Crippen MR) is 44.0 cm³/mol. The summed E-state index contributed by atoms with van der Waals surface area (Å²) in [6, 6.07) is 3.82. The molecule has 10 heavy (non-hydrogen) atoms. The number of nitrogen functional groups attached to an aromatic ring is 1. The van der Waals surface area contributed by atoms with Crippen molar-refractivity contribution in [1.82, 2.24) is 4.98 Å². The van der Waals surface area contributed by atoms with Crippen LogP contribution in [0, 0.1) is 6.92 Å². The maximum atomic E-state index is 5.14. The van der Waals surface area contributed by atoms with E-state index in [1.807, 2.05) is 19.1 Å². The molecule has 56 valence electrons. The van der Waals surface area contributed by atoms with Crippen molar-refractivity contribution in [1.29, 1.82) is 0 Å². The molecule has 0 aliphatic heterocycles. The molecule has 0 fully saturated rings. The first kappa shape index (κ1) is 9.20. The van der Waals surface area contributed by atoms with Gasteiger partial charge in [-0.2, -0.15) is 0 Å². The van der Waals surface area contributed by atoms with Crippen molar-refractivity contribution in [3.63, 3.8) is 0 Å². The third-order valence-electron chi connectivity index (χ3n) is 1.15. The van der Waals surface area contributed by atoms with Gasteiger partial charge in [0, 0.05) is 6.20 Å². The van der Waals surface area contributed by atoms with Gasteiger partial charge in [0.25, 0.3) is 0 Å². The van der Waals surface area contributed by atoms with Crippen molar-refractivity contribution < 1.29 is 0 Å². The Kier molecular flexibility index (Phi) is 3.76. The molecule has 0 aliphatic rings. The second-order valence-electron chi connectivity index (χ2n) is 1.81. The maximum absolute atomic E-state index is 5.14. The normalized spacial score (nSPS) is 8.20. The number of halogens is 1. The van der Waals surface area contributed by atoms with Crippen LogP contribution in [-0.4, -0.2) is 4.98 Å². The lowest BCUT2D eigenvalue weighted by Gasteiger charge is -1.99. The number of pyridine rings is 1. The van der Waals surface area contributed by atoms with Crippen LogP contribution in [0.2, 0.25) is 0 Å². The summed E-state index contributed by atoms with van der Waals surface area (Å²) in [6.07, 6.45) is 1.70. The van der Waals surface area contributed by atoms with Crippen LogP contribution >= 0.6 is 12.4 Å². The van der Waals surface area contributed by atoms with Gasteiger partial charge in [0.2, 0.25) is 0 Å². The second-order valence-corrected chi connectivity index (χ2v) is 1.81. The fraction of sp³-hybridized carbons (Fsp3) is 0.167. The topological polar surface area (TPSA) is 50.9 Å². The average molecular weight is 160 g/mol. The van der Waals surface area contributed by atoms with E-state index in [0.29, 0.717) is 0 Å². The minimum atomic E-state index is 0. The number of aryl methyl sites for hydroxylation is 1. The van der Waals surface area contributed by atoms with Gasteiger partial charge in [-0.05, 0) is 18.6 Å². The fourth-order valence-corrected chi connectivity index (χ4v) is 0.637. The SMILES string of the molecule is Cc1cccnc1NN.Cl. The van der Waals surface area contributed by atoms with Gasteiger partial charge in [-0.15, -0.1) is 12.4 Å². The molecule has 3 nitrogen and oxygen atoms in total. The smallest absolute Gasteiger partial charge is 0.142 e. The summed E-state index contributed by atoms with van der Waals surface area (Å²) in [5.74, 6) is 5.87. The second kappa shape index (κ2) is 4.09. The van der Waals surface area contributed by atoms with Gasteiger partial charge in [-0.3, -0.25) is 0 Å². The number of hydrogen-bond acceptors (Lipinski definition) is 3. The number of nitrogens with one attached hydrogen (secondary N) is 1.